The van der Waals surface area contributed by atoms with Gasteiger partial charge in [-0.3, -0.25) is 0 Å². The zero-order chi connectivity index (χ0) is 14.7. The largest absolute Gasteiger partial charge is 0.388 e. The monoisotopic (exact) mass is 276 g/mol. The van der Waals surface area contributed by atoms with Crippen LogP contribution in [-0.2, 0) is 0 Å². The van der Waals surface area contributed by atoms with Gasteiger partial charge in [0.25, 0.3) is 6.26 Å². The second kappa shape index (κ2) is 5.47. The van der Waals surface area contributed by atoms with Crippen molar-refractivity contribution in [2.24, 2.45) is 0 Å². The number of hydrogen-bond donors (Lipinski definition) is 0. The fraction of sp³-hybridized carbons (Fsp3) is 0.0625. The van der Waals surface area contributed by atoms with Crippen molar-refractivity contribution in [2.45, 2.75) is 6.92 Å². The van der Waals surface area contributed by atoms with E-state index in [9.17, 15) is 0 Å². The quantitative estimate of drug-likeness (QED) is 0.689. The molecule has 1 heterocycles. The van der Waals surface area contributed by atoms with Gasteiger partial charge >= 0.3 is 0 Å². The Labute approximate surface area is 122 Å². The van der Waals surface area contributed by atoms with Crippen LogP contribution in [0.25, 0.3) is 17.1 Å². The number of nitriles is 1. The van der Waals surface area contributed by atoms with E-state index in [2.05, 4.69) is 10.1 Å². The second-order valence-corrected chi connectivity index (χ2v) is 4.57. The van der Waals surface area contributed by atoms with Gasteiger partial charge in [0.15, 0.2) is 5.82 Å². The highest BCUT2D eigenvalue weighted by atomic mass is 16.5. The summed E-state index contributed by atoms with van der Waals surface area (Å²) >= 11 is 0. The van der Waals surface area contributed by atoms with Crippen LogP contribution in [0.3, 0.4) is 0 Å². The summed E-state index contributed by atoms with van der Waals surface area (Å²) in [7, 11) is 0. The number of aromatic nitrogens is 3. The van der Waals surface area contributed by atoms with Crippen LogP contribution in [0.1, 0.15) is 5.56 Å². The van der Waals surface area contributed by atoms with E-state index in [-0.39, 0.29) is 0 Å². The van der Waals surface area contributed by atoms with E-state index < -0.39 is 0 Å². The third-order valence-corrected chi connectivity index (χ3v) is 3.07. The molecule has 0 radical (unpaired) electrons. The molecule has 21 heavy (non-hydrogen) atoms. The lowest BCUT2D eigenvalue weighted by molar-refractivity contribution is 0.507. The van der Waals surface area contributed by atoms with Gasteiger partial charge < -0.3 is 4.74 Å². The Morgan fingerprint density at radius 1 is 1.05 bits per heavy atom. The highest BCUT2D eigenvalue weighted by Crippen LogP contribution is 2.19. The molecule has 0 N–H and O–H groups in total. The molecule has 0 aliphatic carbocycles. The van der Waals surface area contributed by atoms with E-state index in [0.717, 1.165) is 11.3 Å². The third-order valence-electron chi connectivity index (χ3n) is 3.07. The molecule has 5 heteroatoms. The summed E-state index contributed by atoms with van der Waals surface area (Å²) in [6, 6.07) is 15.1. The number of rotatable bonds is 3. The van der Waals surface area contributed by atoms with Crippen molar-refractivity contribution in [3.05, 3.63) is 60.4 Å². The minimum absolute atomic E-state index is 0.499. The Kier molecular flexibility index (Phi) is 3.36. The number of ether oxygens (including phenoxy) is 1. The maximum atomic E-state index is 8.45. The average molecular weight is 276 g/mol. The van der Waals surface area contributed by atoms with Gasteiger partial charge in [0.1, 0.15) is 12.1 Å². The fourth-order valence-electron chi connectivity index (χ4n) is 1.94. The van der Waals surface area contributed by atoms with Crippen molar-refractivity contribution in [2.75, 3.05) is 0 Å². The van der Waals surface area contributed by atoms with Crippen LogP contribution >= 0.6 is 0 Å². The molecule has 0 bridgehead atoms. The minimum Gasteiger partial charge on any atom is -0.388 e. The Hall–Kier alpha value is -3.13. The Morgan fingerprint density at radius 2 is 1.76 bits per heavy atom. The van der Waals surface area contributed by atoms with Crippen molar-refractivity contribution in [3.8, 4) is 29.1 Å². The van der Waals surface area contributed by atoms with Gasteiger partial charge in [-0.25, -0.2) is 9.67 Å². The first kappa shape index (κ1) is 12.9. The van der Waals surface area contributed by atoms with Crippen LogP contribution in [0, 0.1) is 18.4 Å². The SMILES string of the molecule is Cc1ccc(-n2cnc(-c3ccc(OC#N)cc3)n2)cc1. The van der Waals surface area contributed by atoms with Gasteiger partial charge in [-0.15, -0.1) is 10.4 Å². The van der Waals surface area contributed by atoms with Crippen LogP contribution in [0.4, 0.5) is 0 Å². The van der Waals surface area contributed by atoms with Crippen LogP contribution in [-0.4, -0.2) is 14.8 Å². The molecule has 0 aliphatic rings. The number of hydrogen-bond acceptors (Lipinski definition) is 4. The molecule has 3 rings (SSSR count). The van der Waals surface area contributed by atoms with Gasteiger partial charge in [-0.2, -0.15) is 0 Å². The molecule has 0 amide bonds. The maximum absolute atomic E-state index is 8.45. The smallest absolute Gasteiger partial charge is 0.292 e. The summed E-state index contributed by atoms with van der Waals surface area (Å²) < 4.78 is 6.47. The molecule has 0 spiro atoms. The second-order valence-electron chi connectivity index (χ2n) is 4.57. The molecule has 0 saturated carbocycles. The predicted molar refractivity (Wildman–Crippen MR) is 77.8 cm³/mol. The number of aryl methyl sites for hydroxylation is 1. The lowest BCUT2D eigenvalue weighted by atomic mass is 10.2. The van der Waals surface area contributed by atoms with E-state index >= 15 is 0 Å². The van der Waals surface area contributed by atoms with Crippen LogP contribution in [0.2, 0.25) is 0 Å². The molecular formula is C16H12N4O. The number of benzene rings is 2. The van der Waals surface area contributed by atoms with Crippen molar-refractivity contribution in [1.29, 1.82) is 5.26 Å². The van der Waals surface area contributed by atoms with Gasteiger partial charge in [0.05, 0.1) is 5.69 Å². The standard InChI is InChI=1S/C16H12N4O/c1-12-2-6-14(7-3-12)20-11-18-16(19-20)13-4-8-15(9-5-13)21-10-17/h2-9,11H,1H3. The van der Waals surface area contributed by atoms with E-state index in [4.69, 9.17) is 10.00 Å². The molecule has 0 atom stereocenters. The minimum atomic E-state index is 0.499. The van der Waals surface area contributed by atoms with Crippen LogP contribution in [0.5, 0.6) is 5.75 Å². The molecule has 0 saturated heterocycles. The van der Waals surface area contributed by atoms with Gasteiger partial charge in [-0.05, 0) is 43.3 Å². The highest BCUT2D eigenvalue weighted by molar-refractivity contribution is 5.56. The zero-order valence-corrected chi connectivity index (χ0v) is 11.4. The zero-order valence-electron chi connectivity index (χ0n) is 11.4. The van der Waals surface area contributed by atoms with Crippen molar-refractivity contribution in [1.82, 2.24) is 14.8 Å². The third kappa shape index (κ3) is 2.74. The normalized spacial score (nSPS) is 10.1. The average Bonchev–Trinajstić information content (AvgIpc) is 2.99. The van der Waals surface area contributed by atoms with Crippen LogP contribution < -0.4 is 4.74 Å². The molecule has 3 aromatic rings. The fourth-order valence-corrected chi connectivity index (χ4v) is 1.94. The summed E-state index contributed by atoms with van der Waals surface area (Å²) in [4.78, 5) is 4.31. The van der Waals surface area contributed by atoms with Crippen molar-refractivity contribution >= 4 is 0 Å². The summed E-state index contributed by atoms with van der Waals surface area (Å²) in [6.07, 6.45) is 3.32. The summed E-state index contributed by atoms with van der Waals surface area (Å²) in [5.74, 6) is 1.12. The highest BCUT2D eigenvalue weighted by Gasteiger charge is 2.06. The molecule has 0 unspecified atom stereocenters. The van der Waals surface area contributed by atoms with Crippen molar-refractivity contribution < 1.29 is 4.74 Å². The molecular weight excluding hydrogens is 264 g/mol. The Morgan fingerprint density at radius 3 is 2.43 bits per heavy atom. The summed E-state index contributed by atoms with van der Waals surface area (Å²) in [5, 5.41) is 12.9. The lowest BCUT2D eigenvalue weighted by Gasteiger charge is -2.00. The van der Waals surface area contributed by atoms with Crippen LogP contribution in [0.15, 0.2) is 54.9 Å². The van der Waals surface area contributed by atoms with E-state index in [1.807, 2.05) is 43.3 Å². The van der Waals surface area contributed by atoms with E-state index in [0.29, 0.717) is 11.6 Å². The molecule has 0 fully saturated rings. The predicted octanol–water partition coefficient (Wildman–Crippen LogP) is 3.10. The first-order valence-corrected chi connectivity index (χ1v) is 6.41. The maximum Gasteiger partial charge on any atom is 0.292 e. The molecule has 102 valence electrons. The molecule has 1 aromatic heterocycles. The topological polar surface area (TPSA) is 63.7 Å². The Balaban J connectivity index is 1.87. The van der Waals surface area contributed by atoms with Gasteiger partial charge in [-0.1, -0.05) is 17.7 Å². The van der Waals surface area contributed by atoms with Gasteiger partial charge in [0.2, 0.25) is 0 Å². The first-order valence-electron chi connectivity index (χ1n) is 6.41. The molecule has 5 nitrogen and oxygen atoms in total. The summed E-state index contributed by atoms with van der Waals surface area (Å²) in [5.41, 5.74) is 3.03. The van der Waals surface area contributed by atoms with Crippen molar-refractivity contribution in [3.63, 3.8) is 0 Å². The molecule has 0 aliphatic heterocycles. The molecule has 2 aromatic carbocycles. The number of nitrogens with zero attached hydrogens (tertiary/aromatic N) is 4. The van der Waals surface area contributed by atoms with E-state index in [1.165, 1.54) is 5.56 Å². The summed E-state index contributed by atoms with van der Waals surface area (Å²) in [6.45, 7) is 2.04. The van der Waals surface area contributed by atoms with Gasteiger partial charge in [0, 0.05) is 5.56 Å². The first-order chi connectivity index (χ1) is 10.3. The lowest BCUT2D eigenvalue weighted by Crippen LogP contribution is -1.94. The van der Waals surface area contributed by atoms with E-state index in [1.54, 1.807) is 29.4 Å². The Bertz CT molecular complexity index is 782.